The molecule has 4 rings (SSSR count). The van der Waals surface area contributed by atoms with Gasteiger partial charge in [0.25, 0.3) is 0 Å². The first-order chi connectivity index (χ1) is 14.1. The zero-order valence-corrected chi connectivity index (χ0v) is 17.0. The van der Waals surface area contributed by atoms with E-state index < -0.39 is 5.82 Å². The van der Waals surface area contributed by atoms with Gasteiger partial charge in [-0.1, -0.05) is 0 Å². The molecule has 0 amide bonds. The van der Waals surface area contributed by atoms with Crippen molar-refractivity contribution in [1.82, 2.24) is 9.80 Å². The van der Waals surface area contributed by atoms with Crippen LogP contribution in [-0.4, -0.2) is 54.9 Å². The summed E-state index contributed by atoms with van der Waals surface area (Å²) in [6.07, 6.45) is 5.83. The number of nitrogens with zero attached hydrogens (tertiary/aromatic N) is 2. The molecule has 5 nitrogen and oxygen atoms in total. The van der Waals surface area contributed by atoms with Crippen LogP contribution in [0.2, 0.25) is 0 Å². The van der Waals surface area contributed by atoms with Gasteiger partial charge in [-0.25, -0.2) is 4.39 Å². The Morgan fingerprint density at radius 2 is 2.03 bits per heavy atom. The lowest BCUT2D eigenvalue weighted by Crippen LogP contribution is -2.49. The summed E-state index contributed by atoms with van der Waals surface area (Å²) in [5, 5.41) is 0. The van der Waals surface area contributed by atoms with Gasteiger partial charge >= 0.3 is 0 Å². The van der Waals surface area contributed by atoms with Crippen LogP contribution in [0.5, 0.6) is 5.75 Å². The van der Waals surface area contributed by atoms with E-state index in [-0.39, 0.29) is 17.5 Å². The van der Waals surface area contributed by atoms with Crippen LogP contribution < -0.4 is 4.74 Å². The summed E-state index contributed by atoms with van der Waals surface area (Å²) in [5.74, 6) is 0.700. The predicted octanol–water partition coefficient (Wildman–Crippen LogP) is 3.99. The van der Waals surface area contributed by atoms with E-state index >= 15 is 0 Å². The quantitative estimate of drug-likeness (QED) is 0.686. The monoisotopic (exact) mass is 400 g/mol. The molecule has 0 aliphatic carbocycles. The van der Waals surface area contributed by atoms with Crippen LogP contribution in [0.25, 0.3) is 0 Å². The Labute approximate surface area is 171 Å². The van der Waals surface area contributed by atoms with Crippen molar-refractivity contribution >= 4 is 5.78 Å². The van der Waals surface area contributed by atoms with E-state index in [0.717, 1.165) is 64.2 Å². The zero-order valence-electron chi connectivity index (χ0n) is 17.0. The molecule has 1 aromatic carbocycles. The molecule has 2 saturated heterocycles. The molecule has 0 bridgehead atoms. The minimum Gasteiger partial charge on any atom is -0.494 e. The van der Waals surface area contributed by atoms with Gasteiger partial charge in [-0.15, -0.1) is 0 Å². The summed E-state index contributed by atoms with van der Waals surface area (Å²) in [6, 6.07) is 9.00. The lowest BCUT2D eigenvalue weighted by molar-refractivity contribution is 0.0573. The molecule has 2 fully saturated rings. The van der Waals surface area contributed by atoms with Crippen molar-refractivity contribution in [3.8, 4) is 5.75 Å². The number of likely N-dealkylation sites (tertiary alicyclic amines) is 2. The maximum Gasteiger partial charge on any atom is 0.167 e. The van der Waals surface area contributed by atoms with E-state index in [0.29, 0.717) is 11.6 Å². The molecule has 2 aliphatic heterocycles. The zero-order chi connectivity index (χ0) is 20.2. The van der Waals surface area contributed by atoms with Crippen LogP contribution in [0.3, 0.4) is 0 Å². The Hall–Kier alpha value is -2.18. The van der Waals surface area contributed by atoms with Crippen molar-refractivity contribution in [2.75, 3.05) is 33.3 Å². The molecule has 3 heterocycles. The number of halogens is 1. The molecule has 29 heavy (non-hydrogen) atoms. The molecule has 0 N–H and O–H groups in total. The molecule has 1 atom stereocenters. The number of hydrogen-bond donors (Lipinski definition) is 0. The fraction of sp³-hybridized carbons (Fsp3) is 0.522. The SMILES string of the molecule is COc1ccc(C(=O)C2CCCN(C3CCN(Cc4ccco4)CC3)C2)cc1F. The number of hydrogen-bond acceptors (Lipinski definition) is 5. The largest absolute Gasteiger partial charge is 0.494 e. The standard InChI is InChI=1S/C23H29FN2O3/c1-28-22-7-6-17(14-21(22)24)23(27)18-4-2-10-26(15-18)19-8-11-25(12-9-19)16-20-5-3-13-29-20/h3,5-7,13-14,18-19H,2,4,8-12,15-16H2,1H3. The molecule has 1 unspecified atom stereocenters. The van der Waals surface area contributed by atoms with Gasteiger partial charge in [0.1, 0.15) is 5.76 Å². The Balaban J connectivity index is 1.32. The molecule has 6 heteroatoms. The number of benzene rings is 1. The first kappa shape index (κ1) is 20.1. The highest BCUT2D eigenvalue weighted by molar-refractivity contribution is 5.98. The Morgan fingerprint density at radius 3 is 2.72 bits per heavy atom. The number of ketones is 1. The van der Waals surface area contributed by atoms with Crippen LogP contribution in [0.4, 0.5) is 4.39 Å². The summed E-state index contributed by atoms with van der Waals surface area (Å²) in [5.41, 5.74) is 0.448. The van der Waals surface area contributed by atoms with Gasteiger partial charge in [-0.05, 0) is 62.6 Å². The number of ether oxygens (including phenoxy) is 1. The third-order valence-electron chi connectivity index (χ3n) is 6.29. The van der Waals surface area contributed by atoms with E-state index in [1.807, 2.05) is 12.1 Å². The molecule has 0 spiro atoms. The number of carbonyl (C=O) groups is 1. The lowest BCUT2D eigenvalue weighted by Gasteiger charge is -2.42. The van der Waals surface area contributed by atoms with Gasteiger partial charge in [-0.3, -0.25) is 14.6 Å². The molecular weight excluding hydrogens is 371 g/mol. The molecular formula is C23H29FN2O3. The summed E-state index contributed by atoms with van der Waals surface area (Å²) in [7, 11) is 1.43. The average molecular weight is 400 g/mol. The van der Waals surface area contributed by atoms with Crippen molar-refractivity contribution in [2.45, 2.75) is 38.3 Å². The van der Waals surface area contributed by atoms with Crippen molar-refractivity contribution in [1.29, 1.82) is 0 Å². The van der Waals surface area contributed by atoms with E-state index in [1.165, 1.54) is 19.2 Å². The number of furan rings is 1. The second kappa shape index (κ2) is 9.09. The highest BCUT2D eigenvalue weighted by atomic mass is 19.1. The lowest BCUT2D eigenvalue weighted by atomic mass is 9.88. The van der Waals surface area contributed by atoms with Crippen molar-refractivity contribution in [3.05, 3.63) is 53.7 Å². The first-order valence-corrected chi connectivity index (χ1v) is 10.5. The minimum atomic E-state index is -0.477. The van der Waals surface area contributed by atoms with Crippen LogP contribution in [0, 0.1) is 11.7 Å². The van der Waals surface area contributed by atoms with Crippen LogP contribution in [0.15, 0.2) is 41.0 Å². The van der Waals surface area contributed by atoms with Gasteiger partial charge in [0.15, 0.2) is 17.3 Å². The van der Waals surface area contributed by atoms with Crippen molar-refractivity contribution < 1.29 is 18.3 Å². The number of Topliss-reactive ketones (excluding diaryl/α,β-unsaturated/α-hetero) is 1. The second-order valence-electron chi connectivity index (χ2n) is 8.13. The van der Waals surface area contributed by atoms with E-state index in [4.69, 9.17) is 9.15 Å². The van der Waals surface area contributed by atoms with E-state index in [1.54, 1.807) is 12.3 Å². The predicted molar refractivity (Wildman–Crippen MR) is 109 cm³/mol. The number of methoxy groups -OCH3 is 1. The van der Waals surface area contributed by atoms with Gasteiger partial charge < -0.3 is 9.15 Å². The minimum absolute atomic E-state index is 0.0477. The van der Waals surface area contributed by atoms with Gasteiger partial charge in [-0.2, -0.15) is 0 Å². The molecule has 0 radical (unpaired) electrons. The smallest absolute Gasteiger partial charge is 0.167 e. The van der Waals surface area contributed by atoms with Crippen molar-refractivity contribution in [3.63, 3.8) is 0 Å². The van der Waals surface area contributed by atoms with E-state index in [9.17, 15) is 9.18 Å². The Morgan fingerprint density at radius 1 is 1.21 bits per heavy atom. The number of piperidine rings is 2. The van der Waals surface area contributed by atoms with Gasteiger partial charge in [0.2, 0.25) is 0 Å². The normalized spacial score (nSPS) is 21.9. The third-order valence-corrected chi connectivity index (χ3v) is 6.29. The summed E-state index contributed by atoms with van der Waals surface area (Å²) in [6.45, 7) is 4.77. The van der Waals surface area contributed by atoms with Gasteiger partial charge in [0, 0.05) is 37.2 Å². The molecule has 2 aliphatic rings. The molecule has 0 saturated carbocycles. The topological polar surface area (TPSA) is 45.9 Å². The first-order valence-electron chi connectivity index (χ1n) is 10.5. The Kier molecular flexibility index (Phi) is 6.31. The van der Waals surface area contributed by atoms with Crippen LogP contribution in [-0.2, 0) is 6.54 Å². The Bertz CT molecular complexity index is 816. The maximum atomic E-state index is 14.0. The van der Waals surface area contributed by atoms with E-state index in [2.05, 4.69) is 9.80 Å². The van der Waals surface area contributed by atoms with Crippen LogP contribution in [0.1, 0.15) is 41.8 Å². The molecule has 1 aromatic heterocycles. The number of rotatable bonds is 6. The van der Waals surface area contributed by atoms with Crippen molar-refractivity contribution in [2.24, 2.45) is 5.92 Å². The highest BCUT2D eigenvalue weighted by Crippen LogP contribution is 2.28. The third kappa shape index (κ3) is 4.70. The van der Waals surface area contributed by atoms with Gasteiger partial charge in [0.05, 0.1) is 19.9 Å². The fourth-order valence-corrected chi connectivity index (χ4v) is 4.67. The second-order valence-corrected chi connectivity index (χ2v) is 8.13. The molecule has 156 valence electrons. The average Bonchev–Trinajstić information content (AvgIpc) is 3.27. The van der Waals surface area contributed by atoms with Crippen LogP contribution >= 0.6 is 0 Å². The summed E-state index contributed by atoms with van der Waals surface area (Å²) < 4.78 is 24.4. The maximum absolute atomic E-state index is 14.0. The molecule has 2 aromatic rings. The summed E-state index contributed by atoms with van der Waals surface area (Å²) >= 11 is 0. The summed E-state index contributed by atoms with van der Waals surface area (Å²) in [4.78, 5) is 17.9. The highest BCUT2D eigenvalue weighted by Gasteiger charge is 2.32. The number of carbonyl (C=O) groups excluding carboxylic acids is 1. The fourth-order valence-electron chi connectivity index (χ4n) is 4.67.